The quantitative estimate of drug-likeness (QED) is 0.167. The highest BCUT2D eigenvalue weighted by Gasteiger charge is 2.25. The minimum atomic E-state index is 0.452. The van der Waals surface area contributed by atoms with Gasteiger partial charge in [-0.05, 0) is 107 Å². The Morgan fingerprint density at radius 2 is 0.612 bits per heavy atom. The van der Waals surface area contributed by atoms with E-state index < -0.39 is 0 Å². The van der Waals surface area contributed by atoms with Crippen LogP contribution in [0.3, 0.4) is 0 Å². The van der Waals surface area contributed by atoms with Gasteiger partial charge in [0.2, 0.25) is 0 Å². The summed E-state index contributed by atoms with van der Waals surface area (Å²) in [6.07, 6.45) is 0. The van der Waals surface area contributed by atoms with Crippen LogP contribution in [0.15, 0.2) is 224 Å². The zero-order valence-electron chi connectivity index (χ0n) is 36.1. The average molecular weight is 852 g/mol. The molecule has 13 aromatic rings. The molecule has 0 aliphatic heterocycles. The molecule has 0 atom stereocenters. The van der Waals surface area contributed by atoms with Gasteiger partial charge in [-0.3, -0.25) is 0 Å². The van der Waals surface area contributed by atoms with E-state index in [0.29, 0.717) is 16.7 Å². The third kappa shape index (κ3) is 5.79. The van der Waals surface area contributed by atoms with Gasteiger partial charge in [0.1, 0.15) is 0 Å². The van der Waals surface area contributed by atoms with Gasteiger partial charge >= 0.3 is 0 Å². The summed E-state index contributed by atoms with van der Waals surface area (Å²) in [6.45, 7) is 0. The molecule has 0 amide bonds. The average Bonchev–Trinajstić information content (AvgIpc) is 4.04. The van der Waals surface area contributed by atoms with Crippen LogP contribution in [0.4, 0.5) is 0 Å². The van der Waals surface area contributed by atoms with E-state index in [1.54, 1.807) is 6.07 Å². The van der Waals surface area contributed by atoms with Gasteiger partial charge in [-0.25, -0.2) is 0 Å². The van der Waals surface area contributed by atoms with E-state index >= 15 is 0 Å². The Kier molecular flexibility index (Phi) is 8.58. The first kappa shape index (κ1) is 38.1. The molecule has 310 valence electrons. The monoisotopic (exact) mass is 851 g/mol. The first-order valence-electron chi connectivity index (χ1n) is 22.5. The molecule has 5 heteroatoms. The largest absolute Gasteiger partial charge is 0.309 e. The van der Waals surface area contributed by atoms with Crippen LogP contribution >= 0.6 is 0 Å². The van der Waals surface area contributed by atoms with E-state index in [9.17, 15) is 10.5 Å². The molecule has 10 aromatic carbocycles. The Bertz CT molecular complexity index is 3860. The lowest BCUT2D eigenvalue weighted by atomic mass is 9.83. The van der Waals surface area contributed by atoms with E-state index in [1.807, 2.05) is 48.5 Å². The molecule has 0 saturated carbocycles. The lowest BCUT2D eigenvalue weighted by Crippen LogP contribution is -2.01. The number of nitriles is 2. The summed E-state index contributed by atoms with van der Waals surface area (Å²) >= 11 is 0. The van der Waals surface area contributed by atoms with Gasteiger partial charge in [0.15, 0.2) is 0 Å². The molecule has 0 saturated heterocycles. The van der Waals surface area contributed by atoms with Crippen LogP contribution < -0.4 is 0 Å². The van der Waals surface area contributed by atoms with Gasteiger partial charge in [-0.15, -0.1) is 0 Å². The van der Waals surface area contributed by atoms with Crippen molar-refractivity contribution in [2.45, 2.75) is 0 Å². The van der Waals surface area contributed by atoms with Gasteiger partial charge in [0.05, 0.1) is 56.4 Å². The SMILES string of the molecule is N#Cc1cccc(C#N)c1-c1c(-c2ccccc2)cc(-n2c3ccc(-n4c5ccccc5c5ccccc54)cc3c3cc(-n4c5ccccc5c5ccccc54)ccc32)cc1-c1ccccc1. The fraction of sp³-hybridized carbons (Fsp3) is 0. The lowest BCUT2D eigenvalue weighted by Gasteiger charge is -2.21. The van der Waals surface area contributed by atoms with Gasteiger partial charge in [0.25, 0.3) is 0 Å². The number of para-hydroxylation sites is 4. The maximum Gasteiger partial charge on any atom is 0.0998 e. The minimum absolute atomic E-state index is 0.452. The number of hydrogen-bond acceptors (Lipinski definition) is 2. The van der Waals surface area contributed by atoms with Crippen molar-refractivity contribution in [3.8, 4) is 62.6 Å². The predicted molar refractivity (Wildman–Crippen MR) is 275 cm³/mol. The molecule has 0 N–H and O–H groups in total. The summed E-state index contributed by atoms with van der Waals surface area (Å²) in [5.74, 6) is 0. The lowest BCUT2D eigenvalue weighted by molar-refractivity contribution is 1.16. The number of nitrogens with zero attached hydrogens (tertiary/aromatic N) is 5. The molecular weight excluding hydrogens is 815 g/mol. The number of aromatic nitrogens is 3. The molecule has 3 heterocycles. The smallest absolute Gasteiger partial charge is 0.0998 e. The van der Waals surface area contributed by atoms with Crippen molar-refractivity contribution in [3.63, 3.8) is 0 Å². The molecule has 0 aliphatic rings. The third-order valence-electron chi connectivity index (χ3n) is 13.5. The van der Waals surface area contributed by atoms with E-state index in [-0.39, 0.29) is 0 Å². The summed E-state index contributed by atoms with van der Waals surface area (Å²) in [4.78, 5) is 0. The number of benzene rings is 10. The van der Waals surface area contributed by atoms with Crippen LogP contribution in [-0.2, 0) is 0 Å². The molecule has 13 rings (SSSR count). The standard InChI is InChI=1S/C62H37N5/c63-38-42-20-15-21-43(39-64)61(42)62-51(40-16-3-1-4-17-40)36-46(37-52(62)41-18-5-2-6-19-41)67-59-32-30-44(65-55-26-11-7-22-47(55)48-23-8-12-27-56(48)65)34-53(59)54-35-45(31-33-60(54)67)66-57-28-13-9-24-49(57)50-25-10-14-29-58(50)66/h1-37H. The van der Waals surface area contributed by atoms with Crippen LogP contribution in [0.2, 0.25) is 0 Å². The highest BCUT2D eigenvalue weighted by molar-refractivity contribution is 6.14. The maximum atomic E-state index is 10.6. The molecule has 0 spiro atoms. The second-order valence-corrected chi connectivity index (χ2v) is 17.1. The van der Waals surface area contributed by atoms with Crippen molar-refractivity contribution in [2.24, 2.45) is 0 Å². The molecule has 0 unspecified atom stereocenters. The minimum Gasteiger partial charge on any atom is -0.309 e. The Hall–Kier alpha value is -9.42. The predicted octanol–water partition coefficient (Wildman–Crippen LogP) is 15.7. The summed E-state index contributed by atoms with van der Waals surface area (Å²) in [5, 5.41) is 28.3. The first-order chi connectivity index (χ1) is 33.2. The van der Waals surface area contributed by atoms with Crippen molar-refractivity contribution in [2.75, 3.05) is 0 Å². The Morgan fingerprint density at radius 1 is 0.269 bits per heavy atom. The summed E-state index contributed by atoms with van der Waals surface area (Å²) in [5.41, 5.74) is 16.0. The van der Waals surface area contributed by atoms with Gasteiger partial charge in [-0.1, -0.05) is 140 Å². The van der Waals surface area contributed by atoms with Crippen molar-refractivity contribution in [1.29, 1.82) is 10.5 Å². The van der Waals surface area contributed by atoms with Crippen LogP contribution in [0.1, 0.15) is 11.1 Å². The zero-order chi connectivity index (χ0) is 44.6. The zero-order valence-corrected chi connectivity index (χ0v) is 36.1. The third-order valence-corrected chi connectivity index (χ3v) is 13.5. The molecule has 0 bridgehead atoms. The Balaban J connectivity index is 1.16. The highest BCUT2D eigenvalue weighted by Crippen LogP contribution is 2.46. The molecular formula is C62H37N5. The van der Waals surface area contributed by atoms with E-state index in [1.165, 1.54) is 21.5 Å². The molecule has 0 radical (unpaired) electrons. The topological polar surface area (TPSA) is 62.4 Å². The van der Waals surface area contributed by atoms with Crippen molar-refractivity contribution in [1.82, 2.24) is 13.7 Å². The van der Waals surface area contributed by atoms with Crippen LogP contribution in [0.25, 0.3) is 116 Å². The maximum absolute atomic E-state index is 10.6. The van der Waals surface area contributed by atoms with Gasteiger partial charge in [0, 0.05) is 60.5 Å². The summed E-state index contributed by atoms with van der Waals surface area (Å²) in [7, 11) is 0. The van der Waals surface area contributed by atoms with E-state index in [2.05, 4.69) is 196 Å². The normalized spacial score (nSPS) is 11.6. The fourth-order valence-electron chi connectivity index (χ4n) is 10.7. The second kappa shape index (κ2) is 15.1. The molecule has 3 aromatic heterocycles. The van der Waals surface area contributed by atoms with Crippen LogP contribution in [0, 0.1) is 22.7 Å². The molecule has 0 aliphatic carbocycles. The summed E-state index contributed by atoms with van der Waals surface area (Å²) in [6, 6.07) is 83.8. The number of fused-ring (bicyclic) bond motifs is 9. The number of hydrogen-bond donors (Lipinski definition) is 0. The van der Waals surface area contributed by atoms with Crippen molar-refractivity contribution >= 4 is 65.4 Å². The molecule has 67 heavy (non-hydrogen) atoms. The van der Waals surface area contributed by atoms with Gasteiger partial charge < -0.3 is 13.7 Å². The van der Waals surface area contributed by atoms with Crippen molar-refractivity contribution in [3.05, 3.63) is 236 Å². The second-order valence-electron chi connectivity index (χ2n) is 17.1. The number of rotatable bonds is 6. The Labute approximate surface area is 386 Å². The highest BCUT2D eigenvalue weighted by atomic mass is 15.0. The fourth-order valence-corrected chi connectivity index (χ4v) is 10.7. The van der Waals surface area contributed by atoms with Crippen LogP contribution in [-0.4, -0.2) is 13.7 Å². The Morgan fingerprint density at radius 3 is 1.00 bits per heavy atom. The van der Waals surface area contributed by atoms with Crippen molar-refractivity contribution < 1.29 is 0 Å². The van der Waals surface area contributed by atoms with Gasteiger partial charge in [-0.2, -0.15) is 10.5 Å². The summed E-state index contributed by atoms with van der Waals surface area (Å²) < 4.78 is 7.17. The van der Waals surface area contributed by atoms with E-state index in [0.717, 1.165) is 88.8 Å². The first-order valence-corrected chi connectivity index (χ1v) is 22.5. The van der Waals surface area contributed by atoms with Crippen LogP contribution in [0.5, 0.6) is 0 Å². The molecule has 5 nitrogen and oxygen atoms in total. The van der Waals surface area contributed by atoms with E-state index in [4.69, 9.17) is 0 Å². The molecule has 0 fully saturated rings.